The largest absolute Gasteiger partial charge is 0.460 e. The summed E-state index contributed by atoms with van der Waals surface area (Å²) >= 11 is 0. The monoisotopic (exact) mass is 285 g/mol. The van der Waals surface area contributed by atoms with Crippen molar-refractivity contribution in [2.75, 3.05) is 6.61 Å². The lowest BCUT2D eigenvalue weighted by atomic mass is 10.1. The molecule has 0 unspecified atom stereocenters. The molecule has 1 N–H and O–H groups in total. The summed E-state index contributed by atoms with van der Waals surface area (Å²) in [6.45, 7) is 1.60. The maximum Gasteiger partial charge on any atom is 0.416 e. The van der Waals surface area contributed by atoms with Crippen LogP contribution in [0.3, 0.4) is 0 Å². The number of rotatable bonds is 3. The number of aromatic amines is 1. The Bertz CT molecular complexity index is 673. The summed E-state index contributed by atoms with van der Waals surface area (Å²) in [7, 11) is 0. The van der Waals surface area contributed by atoms with E-state index < -0.39 is 23.5 Å². The SMILES string of the molecule is CCOC(=O)C(=O)c1c[nH]c2cc(C(F)(F)F)ccc12. The number of hydrogen-bond donors (Lipinski definition) is 1. The first-order valence-electron chi connectivity index (χ1n) is 5.74. The van der Waals surface area contributed by atoms with Crippen molar-refractivity contribution in [2.24, 2.45) is 0 Å². The highest BCUT2D eigenvalue weighted by Gasteiger charge is 2.31. The minimum absolute atomic E-state index is 0.00725. The van der Waals surface area contributed by atoms with Crippen LogP contribution >= 0.6 is 0 Å². The van der Waals surface area contributed by atoms with E-state index >= 15 is 0 Å². The predicted molar refractivity (Wildman–Crippen MR) is 64.3 cm³/mol. The number of carbonyl (C=O) groups is 2. The average Bonchev–Trinajstić information content (AvgIpc) is 2.79. The molecule has 0 amide bonds. The molecule has 0 aliphatic carbocycles. The number of ketones is 1. The molecule has 0 fully saturated rings. The van der Waals surface area contributed by atoms with Gasteiger partial charge in [0.25, 0.3) is 5.78 Å². The number of aromatic nitrogens is 1. The molecule has 2 rings (SSSR count). The van der Waals surface area contributed by atoms with Gasteiger partial charge >= 0.3 is 12.1 Å². The number of esters is 1. The molecule has 1 aromatic heterocycles. The van der Waals surface area contributed by atoms with Gasteiger partial charge in [-0.2, -0.15) is 13.2 Å². The van der Waals surface area contributed by atoms with Crippen molar-refractivity contribution in [1.82, 2.24) is 4.98 Å². The van der Waals surface area contributed by atoms with Gasteiger partial charge in [0.1, 0.15) is 0 Å². The number of ether oxygens (including phenoxy) is 1. The Morgan fingerprint density at radius 1 is 1.30 bits per heavy atom. The third-order valence-corrected chi connectivity index (χ3v) is 2.71. The van der Waals surface area contributed by atoms with E-state index in [2.05, 4.69) is 9.72 Å². The first-order chi connectivity index (χ1) is 9.34. The number of nitrogens with one attached hydrogen (secondary N) is 1. The Morgan fingerprint density at radius 3 is 2.60 bits per heavy atom. The van der Waals surface area contributed by atoms with Gasteiger partial charge in [0.05, 0.1) is 17.7 Å². The molecule has 1 heterocycles. The first kappa shape index (κ1) is 14.1. The summed E-state index contributed by atoms with van der Waals surface area (Å²) in [5.41, 5.74) is -0.707. The van der Waals surface area contributed by atoms with Crippen LogP contribution in [-0.2, 0) is 15.7 Å². The second-order valence-electron chi connectivity index (χ2n) is 4.01. The van der Waals surface area contributed by atoms with Crippen molar-refractivity contribution < 1.29 is 27.5 Å². The van der Waals surface area contributed by atoms with Crippen molar-refractivity contribution >= 4 is 22.7 Å². The highest BCUT2D eigenvalue weighted by Crippen LogP contribution is 2.32. The van der Waals surface area contributed by atoms with E-state index in [0.717, 1.165) is 18.2 Å². The third kappa shape index (κ3) is 2.52. The van der Waals surface area contributed by atoms with Crippen LogP contribution in [0, 0.1) is 0 Å². The smallest absolute Gasteiger partial charge is 0.416 e. The van der Waals surface area contributed by atoms with E-state index in [1.807, 2.05) is 0 Å². The Hall–Kier alpha value is -2.31. The van der Waals surface area contributed by atoms with E-state index in [9.17, 15) is 22.8 Å². The van der Waals surface area contributed by atoms with E-state index in [0.29, 0.717) is 0 Å². The van der Waals surface area contributed by atoms with Crippen LogP contribution in [0.5, 0.6) is 0 Å². The molecule has 0 radical (unpaired) electrons. The van der Waals surface area contributed by atoms with Crippen LogP contribution in [-0.4, -0.2) is 23.3 Å². The number of alkyl halides is 3. The van der Waals surface area contributed by atoms with Gasteiger partial charge in [-0.3, -0.25) is 4.79 Å². The standard InChI is InChI=1S/C13H10F3NO3/c1-2-20-12(19)11(18)9-6-17-10-5-7(13(14,15)16)3-4-8(9)10/h3-6,17H,2H2,1H3. The molecule has 7 heteroatoms. The number of carbonyl (C=O) groups excluding carboxylic acids is 2. The maximum atomic E-state index is 12.6. The molecule has 0 saturated heterocycles. The molecule has 4 nitrogen and oxygen atoms in total. The van der Waals surface area contributed by atoms with Crippen LogP contribution in [0.1, 0.15) is 22.8 Å². The zero-order valence-electron chi connectivity index (χ0n) is 10.4. The lowest BCUT2D eigenvalue weighted by molar-refractivity contribution is -0.138. The van der Waals surface area contributed by atoms with Gasteiger partial charge in [-0.05, 0) is 19.1 Å². The number of hydrogen-bond acceptors (Lipinski definition) is 3. The average molecular weight is 285 g/mol. The van der Waals surface area contributed by atoms with Crippen molar-refractivity contribution in [1.29, 1.82) is 0 Å². The summed E-state index contributed by atoms with van der Waals surface area (Å²) in [6.07, 6.45) is -3.27. The third-order valence-electron chi connectivity index (χ3n) is 2.71. The van der Waals surface area contributed by atoms with Gasteiger partial charge in [-0.15, -0.1) is 0 Å². The Morgan fingerprint density at radius 2 is 2.00 bits per heavy atom. The van der Waals surface area contributed by atoms with Gasteiger partial charge < -0.3 is 9.72 Å². The van der Waals surface area contributed by atoms with Crippen LogP contribution in [0.4, 0.5) is 13.2 Å². The Balaban J connectivity index is 2.43. The van der Waals surface area contributed by atoms with E-state index in [4.69, 9.17) is 0 Å². The Kier molecular flexibility index (Phi) is 3.52. The van der Waals surface area contributed by atoms with Crippen molar-refractivity contribution in [2.45, 2.75) is 13.1 Å². The molecular formula is C13H10F3NO3. The highest BCUT2D eigenvalue weighted by atomic mass is 19.4. The van der Waals surface area contributed by atoms with E-state index in [1.165, 1.54) is 6.20 Å². The molecular weight excluding hydrogens is 275 g/mol. The molecule has 0 bridgehead atoms. The van der Waals surface area contributed by atoms with Gasteiger partial charge in [0, 0.05) is 17.1 Å². The minimum Gasteiger partial charge on any atom is -0.460 e. The quantitative estimate of drug-likeness (QED) is 0.536. The number of Topliss-reactive ketones (excluding diaryl/α,β-unsaturated/α-hetero) is 1. The predicted octanol–water partition coefficient (Wildman–Crippen LogP) is 2.93. The molecule has 2 aromatic rings. The fraction of sp³-hybridized carbons (Fsp3) is 0.231. The van der Waals surface area contributed by atoms with Crippen molar-refractivity contribution in [3.63, 3.8) is 0 Å². The first-order valence-corrected chi connectivity index (χ1v) is 5.74. The van der Waals surface area contributed by atoms with E-state index in [-0.39, 0.29) is 23.1 Å². The lowest BCUT2D eigenvalue weighted by Gasteiger charge is -2.06. The number of H-pyrrole nitrogens is 1. The molecule has 106 valence electrons. The summed E-state index contributed by atoms with van der Waals surface area (Å²) < 4.78 is 42.2. The molecule has 0 spiro atoms. The Labute approximate surface area is 111 Å². The molecule has 0 aliphatic rings. The molecule has 0 atom stereocenters. The number of benzene rings is 1. The van der Waals surface area contributed by atoms with Crippen LogP contribution in [0.25, 0.3) is 10.9 Å². The minimum atomic E-state index is -4.47. The number of fused-ring (bicyclic) bond motifs is 1. The summed E-state index contributed by atoms with van der Waals surface area (Å²) in [6, 6.07) is 2.90. The molecule has 0 aliphatic heterocycles. The molecule has 20 heavy (non-hydrogen) atoms. The normalized spacial score (nSPS) is 11.6. The van der Waals surface area contributed by atoms with Gasteiger partial charge in [0.2, 0.25) is 0 Å². The lowest BCUT2D eigenvalue weighted by Crippen LogP contribution is -2.17. The van der Waals surface area contributed by atoms with Crippen LogP contribution in [0.15, 0.2) is 24.4 Å². The molecule has 0 saturated carbocycles. The van der Waals surface area contributed by atoms with E-state index in [1.54, 1.807) is 6.92 Å². The summed E-state index contributed by atoms with van der Waals surface area (Å²) in [5, 5.41) is 0.246. The maximum absolute atomic E-state index is 12.6. The van der Waals surface area contributed by atoms with Crippen molar-refractivity contribution in [3.8, 4) is 0 Å². The second kappa shape index (κ2) is 4.99. The number of halogens is 3. The highest BCUT2D eigenvalue weighted by molar-refractivity contribution is 6.42. The van der Waals surface area contributed by atoms with Crippen LogP contribution in [0.2, 0.25) is 0 Å². The van der Waals surface area contributed by atoms with Gasteiger partial charge in [-0.25, -0.2) is 4.79 Å². The summed E-state index contributed by atoms with van der Waals surface area (Å²) in [4.78, 5) is 25.7. The van der Waals surface area contributed by atoms with Crippen LogP contribution < -0.4 is 0 Å². The zero-order valence-corrected chi connectivity index (χ0v) is 10.4. The zero-order chi connectivity index (χ0) is 14.9. The summed E-state index contributed by atoms with van der Waals surface area (Å²) in [5.74, 6) is -1.92. The fourth-order valence-electron chi connectivity index (χ4n) is 1.80. The fourth-order valence-corrected chi connectivity index (χ4v) is 1.80. The van der Waals surface area contributed by atoms with Gasteiger partial charge in [-0.1, -0.05) is 6.07 Å². The molecule has 1 aromatic carbocycles. The van der Waals surface area contributed by atoms with Crippen molar-refractivity contribution in [3.05, 3.63) is 35.5 Å². The van der Waals surface area contributed by atoms with Gasteiger partial charge in [0.15, 0.2) is 0 Å². The topological polar surface area (TPSA) is 59.2 Å². The second-order valence-corrected chi connectivity index (χ2v) is 4.01.